The highest BCUT2D eigenvalue weighted by Crippen LogP contribution is 2.46. The topological polar surface area (TPSA) is 63.3 Å². The minimum atomic E-state index is -0.927. The molecule has 0 aliphatic heterocycles. The van der Waals surface area contributed by atoms with Crippen LogP contribution in [-0.2, 0) is 4.79 Å². The fourth-order valence-electron chi connectivity index (χ4n) is 1.81. The molecule has 0 bridgehead atoms. The number of halogens is 1. The highest BCUT2D eigenvalue weighted by Gasteiger charge is 2.51. The van der Waals surface area contributed by atoms with Gasteiger partial charge in [-0.25, -0.2) is 0 Å². The minimum Gasteiger partial charge on any atom is -0.480 e. The lowest BCUT2D eigenvalue weighted by Gasteiger charge is -2.47. The molecule has 1 aliphatic rings. The Bertz CT molecular complexity index is 171. The zero-order chi connectivity index (χ0) is 7.99. The maximum absolute atomic E-state index is 10.5. The van der Waals surface area contributed by atoms with E-state index in [1.165, 1.54) is 0 Å². The van der Waals surface area contributed by atoms with E-state index < -0.39 is 11.5 Å². The Hall–Kier alpha value is -0.280. The molecule has 66 valence electrons. The number of carboxylic acids is 1. The van der Waals surface area contributed by atoms with Gasteiger partial charge in [0.25, 0.3) is 0 Å². The van der Waals surface area contributed by atoms with Crippen molar-refractivity contribution in [3.05, 3.63) is 0 Å². The minimum absolute atomic E-state index is 0. The van der Waals surface area contributed by atoms with Gasteiger partial charge in [0, 0.05) is 0 Å². The number of hydrogen-bond donors (Lipinski definition) is 2. The summed E-state index contributed by atoms with van der Waals surface area (Å²) in [6, 6.07) is 0. The zero-order valence-electron chi connectivity index (χ0n) is 6.76. The highest BCUT2D eigenvalue weighted by atomic mass is 35.5. The molecule has 0 aromatic heterocycles. The van der Waals surface area contributed by atoms with Crippen LogP contribution in [0, 0.1) is 5.41 Å². The second-order valence-corrected chi connectivity index (χ2v) is 3.98. The summed E-state index contributed by atoms with van der Waals surface area (Å²) in [5.74, 6) is -0.869. The van der Waals surface area contributed by atoms with Crippen molar-refractivity contribution in [2.24, 2.45) is 11.1 Å². The molecule has 0 aromatic carbocycles. The molecule has 0 aromatic rings. The van der Waals surface area contributed by atoms with Crippen molar-refractivity contribution in [2.75, 3.05) is 0 Å². The van der Waals surface area contributed by atoms with Crippen molar-refractivity contribution in [3.8, 4) is 0 Å². The second kappa shape index (κ2) is 2.64. The second-order valence-electron chi connectivity index (χ2n) is 3.98. The van der Waals surface area contributed by atoms with E-state index in [0.717, 1.165) is 0 Å². The smallest absolute Gasteiger partial charge is 0.323 e. The Morgan fingerprint density at radius 2 is 1.82 bits per heavy atom. The van der Waals surface area contributed by atoms with Gasteiger partial charge in [0.1, 0.15) is 5.54 Å². The average molecular weight is 180 g/mol. The first kappa shape index (κ1) is 10.7. The van der Waals surface area contributed by atoms with E-state index in [0.29, 0.717) is 12.8 Å². The third-order valence-corrected chi connectivity index (χ3v) is 2.01. The Kier molecular flexibility index (Phi) is 2.58. The van der Waals surface area contributed by atoms with E-state index in [9.17, 15) is 4.79 Å². The average Bonchev–Trinajstić information content (AvgIpc) is 1.59. The van der Waals surface area contributed by atoms with Gasteiger partial charge in [-0.15, -0.1) is 12.4 Å². The van der Waals surface area contributed by atoms with Gasteiger partial charge in [0.2, 0.25) is 0 Å². The maximum Gasteiger partial charge on any atom is 0.323 e. The van der Waals surface area contributed by atoms with Gasteiger partial charge in [-0.3, -0.25) is 4.79 Å². The third kappa shape index (κ3) is 1.84. The molecule has 0 atom stereocenters. The molecule has 1 fully saturated rings. The zero-order valence-corrected chi connectivity index (χ0v) is 7.57. The van der Waals surface area contributed by atoms with E-state index in [2.05, 4.69) is 0 Å². The lowest BCUT2D eigenvalue weighted by molar-refractivity contribution is -0.151. The van der Waals surface area contributed by atoms with E-state index in [1.54, 1.807) is 0 Å². The molecule has 0 saturated heterocycles. The molecule has 0 amide bonds. The number of aliphatic carboxylic acids is 1. The number of nitrogens with two attached hydrogens (primary N) is 1. The molecule has 0 spiro atoms. The molecule has 3 nitrogen and oxygen atoms in total. The number of carboxylic acid groups (broad SMARTS) is 1. The lowest BCUT2D eigenvalue weighted by atomic mass is 9.60. The summed E-state index contributed by atoms with van der Waals surface area (Å²) in [5.41, 5.74) is 4.73. The Morgan fingerprint density at radius 1 is 1.45 bits per heavy atom. The molecule has 3 N–H and O–H groups in total. The van der Waals surface area contributed by atoms with Crippen LogP contribution in [-0.4, -0.2) is 16.6 Å². The largest absolute Gasteiger partial charge is 0.480 e. The number of carbonyl (C=O) groups is 1. The van der Waals surface area contributed by atoms with Crippen molar-refractivity contribution in [1.82, 2.24) is 0 Å². The summed E-state index contributed by atoms with van der Waals surface area (Å²) in [6.45, 7) is 4.06. The maximum atomic E-state index is 10.5. The van der Waals surface area contributed by atoms with Crippen LogP contribution in [0.1, 0.15) is 26.7 Å². The van der Waals surface area contributed by atoms with E-state index >= 15 is 0 Å². The lowest BCUT2D eigenvalue weighted by Crippen LogP contribution is -2.61. The van der Waals surface area contributed by atoms with Crippen LogP contribution in [0.2, 0.25) is 0 Å². The van der Waals surface area contributed by atoms with Crippen LogP contribution in [0.4, 0.5) is 0 Å². The Morgan fingerprint density at radius 3 is 1.91 bits per heavy atom. The van der Waals surface area contributed by atoms with Crippen molar-refractivity contribution in [2.45, 2.75) is 32.2 Å². The van der Waals surface area contributed by atoms with Crippen LogP contribution >= 0.6 is 12.4 Å². The fraction of sp³-hybridized carbons (Fsp3) is 0.857. The Balaban J connectivity index is 0.000001000. The molecule has 11 heavy (non-hydrogen) atoms. The first-order valence-corrected chi connectivity index (χ1v) is 3.38. The summed E-state index contributed by atoms with van der Waals surface area (Å²) in [6.07, 6.45) is 1.19. The molecule has 1 saturated carbocycles. The molecule has 4 heteroatoms. The van der Waals surface area contributed by atoms with Gasteiger partial charge in [-0.1, -0.05) is 13.8 Å². The fourth-order valence-corrected chi connectivity index (χ4v) is 1.81. The molecule has 1 aliphatic carbocycles. The van der Waals surface area contributed by atoms with Gasteiger partial charge in [0.05, 0.1) is 0 Å². The van der Waals surface area contributed by atoms with Crippen LogP contribution in [0.5, 0.6) is 0 Å². The van der Waals surface area contributed by atoms with Gasteiger partial charge in [-0.05, 0) is 18.3 Å². The van der Waals surface area contributed by atoms with Crippen LogP contribution in [0.3, 0.4) is 0 Å². The van der Waals surface area contributed by atoms with Gasteiger partial charge in [0.15, 0.2) is 0 Å². The van der Waals surface area contributed by atoms with Gasteiger partial charge < -0.3 is 10.8 Å². The predicted octanol–water partition coefficient (Wildman–Crippen LogP) is 1.01. The molecule has 0 heterocycles. The van der Waals surface area contributed by atoms with Crippen LogP contribution in [0.15, 0.2) is 0 Å². The van der Waals surface area contributed by atoms with Crippen LogP contribution < -0.4 is 5.73 Å². The third-order valence-electron chi connectivity index (χ3n) is 2.01. The van der Waals surface area contributed by atoms with E-state index in [1.807, 2.05) is 13.8 Å². The molecule has 0 radical (unpaired) electrons. The van der Waals surface area contributed by atoms with Gasteiger partial charge in [-0.2, -0.15) is 0 Å². The van der Waals surface area contributed by atoms with Crippen molar-refractivity contribution in [3.63, 3.8) is 0 Å². The van der Waals surface area contributed by atoms with Crippen LogP contribution in [0.25, 0.3) is 0 Å². The molecular formula is C7H14ClNO2. The number of hydrogen-bond acceptors (Lipinski definition) is 2. The highest BCUT2D eigenvalue weighted by molar-refractivity contribution is 5.85. The molecular weight excluding hydrogens is 166 g/mol. The van der Waals surface area contributed by atoms with E-state index in [-0.39, 0.29) is 17.8 Å². The van der Waals surface area contributed by atoms with Crippen molar-refractivity contribution in [1.29, 1.82) is 0 Å². The standard InChI is InChI=1S/C7H13NO2.ClH/c1-6(2)3-7(8,4-6)5(9)10;/h3-4,8H2,1-2H3,(H,9,10);1H. The first-order valence-electron chi connectivity index (χ1n) is 3.38. The number of rotatable bonds is 1. The normalized spacial score (nSPS) is 24.6. The summed E-state index contributed by atoms with van der Waals surface area (Å²) in [7, 11) is 0. The monoisotopic (exact) mass is 179 g/mol. The summed E-state index contributed by atoms with van der Waals surface area (Å²) in [5, 5.41) is 8.60. The van der Waals surface area contributed by atoms with Crippen molar-refractivity contribution < 1.29 is 9.90 Å². The first-order chi connectivity index (χ1) is 4.36. The summed E-state index contributed by atoms with van der Waals surface area (Å²) < 4.78 is 0. The van der Waals surface area contributed by atoms with E-state index in [4.69, 9.17) is 10.8 Å². The van der Waals surface area contributed by atoms with Crippen molar-refractivity contribution >= 4 is 18.4 Å². The Labute approximate surface area is 72.4 Å². The van der Waals surface area contributed by atoms with Gasteiger partial charge >= 0.3 is 5.97 Å². The predicted molar refractivity (Wildman–Crippen MR) is 44.8 cm³/mol. The quantitative estimate of drug-likeness (QED) is 0.632. The molecule has 0 unspecified atom stereocenters. The summed E-state index contributed by atoms with van der Waals surface area (Å²) >= 11 is 0. The molecule has 1 rings (SSSR count). The summed E-state index contributed by atoms with van der Waals surface area (Å²) in [4.78, 5) is 10.5. The SMILES string of the molecule is CC1(C)CC(N)(C(=O)O)C1.Cl.